The third-order valence-corrected chi connectivity index (χ3v) is 2.98. The molecule has 0 aliphatic heterocycles. The largest absolute Gasteiger partial charge is 0.433 e. The first-order valence-corrected chi connectivity index (χ1v) is 6.17. The molecule has 1 aromatic heterocycles. The van der Waals surface area contributed by atoms with Gasteiger partial charge in [-0.05, 0) is 25.0 Å². The summed E-state index contributed by atoms with van der Waals surface area (Å²) in [6.45, 7) is 1.57. The van der Waals surface area contributed by atoms with Crippen LogP contribution < -0.4 is 0 Å². The fourth-order valence-corrected chi connectivity index (χ4v) is 1.94. The number of pyridine rings is 1. The summed E-state index contributed by atoms with van der Waals surface area (Å²) in [7, 11) is 0. The number of halogens is 3. The van der Waals surface area contributed by atoms with Gasteiger partial charge in [-0.3, -0.25) is 0 Å². The van der Waals surface area contributed by atoms with Crippen molar-refractivity contribution in [2.45, 2.75) is 19.5 Å². The Balaban J connectivity index is 2.49. The zero-order valence-electron chi connectivity index (χ0n) is 10.9. The van der Waals surface area contributed by atoms with Gasteiger partial charge in [-0.1, -0.05) is 35.9 Å². The molecule has 0 atom stereocenters. The monoisotopic (exact) mass is 281 g/mol. The van der Waals surface area contributed by atoms with Crippen molar-refractivity contribution >= 4 is 0 Å². The average molecular weight is 281 g/mol. The SMILES string of the molecule is Cc1ccc(-c2ccc(CCO)c(C(F)(F)F)n2)cc1. The van der Waals surface area contributed by atoms with Crippen molar-refractivity contribution in [2.24, 2.45) is 0 Å². The summed E-state index contributed by atoms with van der Waals surface area (Å²) >= 11 is 0. The van der Waals surface area contributed by atoms with Crippen LogP contribution in [0.3, 0.4) is 0 Å². The number of nitrogens with zero attached hydrogens (tertiary/aromatic N) is 1. The van der Waals surface area contributed by atoms with Crippen molar-refractivity contribution in [3.8, 4) is 11.3 Å². The Morgan fingerprint density at radius 1 is 1.05 bits per heavy atom. The molecule has 0 amide bonds. The van der Waals surface area contributed by atoms with E-state index >= 15 is 0 Å². The molecule has 0 bridgehead atoms. The van der Waals surface area contributed by atoms with Crippen LogP contribution in [0.2, 0.25) is 0 Å². The Bertz CT molecular complexity index is 591. The van der Waals surface area contributed by atoms with E-state index in [1.54, 1.807) is 18.2 Å². The Hall–Kier alpha value is -1.88. The molecule has 1 N–H and O–H groups in total. The fourth-order valence-electron chi connectivity index (χ4n) is 1.94. The second-order valence-corrected chi connectivity index (χ2v) is 4.54. The minimum absolute atomic E-state index is 0.0101. The van der Waals surface area contributed by atoms with E-state index in [1.165, 1.54) is 6.07 Å². The highest BCUT2D eigenvalue weighted by molar-refractivity contribution is 5.60. The molecule has 106 valence electrons. The van der Waals surface area contributed by atoms with Crippen LogP contribution in [0.5, 0.6) is 0 Å². The molecular weight excluding hydrogens is 267 g/mol. The van der Waals surface area contributed by atoms with Gasteiger partial charge < -0.3 is 5.11 Å². The third-order valence-electron chi connectivity index (χ3n) is 2.98. The number of alkyl halides is 3. The van der Waals surface area contributed by atoms with Crippen LogP contribution in [0, 0.1) is 6.92 Å². The Labute approximate surface area is 114 Å². The summed E-state index contributed by atoms with van der Waals surface area (Å²) in [6, 6.07) is 10.1. The van der Waals surface area contributed by atoms with Gasteiger partial charge in [0.25, 0.3) is 0 Å². The molecule has 0 fully saturated rings. The summed E-state index contributed by atoms with van der Waals surface area (Å²) in [6.07, 6.45) is -4.58. The first-order valence-electron chi connectivity index (χ1n) is 6.17. The summed E-state index contributed by atoms with van der Waals surface area (Å²) < 4.78 is 39.0. The Morgan fingerprint density at radius 3 is 2.25 bits per heavy atom. The topological polar surface area (TPSA) is 33.1 Å². The zero-order chi connectivity index (χ0) is 14.8. The summed E-state index contributed by atoms with van der Waals surface area (Å²) in [5.74, 6) is 0. The molecule has 0 saturated carbocycles. The van der Waals surface area contributed by atoms with Crippen LogP contribution in [0.4, 0.5) is 13.2 Å². The third kappa shape index (κ3) is 3.17. The molecule has 0 spiro atoms. The number of aryl methyl sites for hydroxylation is 1. The highest BCUT2D eigenvalue weighted by Crippen LogP contribution is 2.32. The summed E-state index contributed by atoms with van der Waals surface area (Å²) in [5.41, 5.74) is 1.03. The number of hydrogen-bond acceptors (Lipinski definition) is 2. The van der Waals surface area contributed by atoms with Crippen molar-refractivity contribution in [2.75, 3.05) is 6.61 Å². The van der Waals surface area contributed by atoms with E-state index in [0.29, 0.717) is 5.56 Å². The first kappa shape index (κ1) is 14.5. The van der Waals surface area contributed by atoms with Crippen LogP contribution in [-0.2, 0) is 12.6 Å². The highest BCUT2D eigenvalue weighted by atomic mass is 19.4. The lowest BCUT2D eigenvalue weighted by Crippen LogP contribution is -2.13. The van der Waals surface area contributed by atoms with Crippen LogP contribution >= 0.6 is 0 Å². The van der Waals surface area contributed by atoms with Crippen molar-refractivity contribution in [1.82, 2.24) is 4.98 Å². The number of aliphatic hydroxyl groups excluding tert-OH is 1. The predicted octanol–water partition coefficient (Wildman–Crippen LogP) is 3.61. The molecule has 0 radical (unpaired) electrons. The lowest BCUT2D eigenvalue weighted by molar-refractivity contribution is -0.141. The zero-order valence-corrected chi connectivity index (χ0v) is 10.9. The molecule has 2 rings (SSSR count). The van der Waals surface area contributed by atoms with Crippen LogP contribution in [0.1, 0.15) is 16.8 Å². The number of aliphatic hydroxyl groups is 1. The second kappa shape index (κ2) is 5.63. The molecule has 2 aromatic rings. The van der Waals surface area contributed by atoms with Crippen molar-refractivity contribution in [1.29, 1.82) is 0 Å². The van der Waals surface area contributed by atoms with Gasteiger partial charge in [-0.25, -0.2) is 4.98 Å². The van der Waals surface area contributed by atoms with Crippen molar-refractivity contribution in [3.05, 3.63) is 53.2 Å². The lowest BCUT2D eigenvalue weighted by atomic mass is 10.1. The maximum Gasteiger partial charge on any atom is 0.433 e. The van der Waals surface area contributed by atoms with Gasteiger partial charge in [0, 0.05) is 12.2 Å². The van der Waals surface area contributed by atoms with Gasteiger partial charge in [0.05, 0.1) is 5.69 Å². The molecule has 0 aliphatic rings. The molecule has 1 aromatic carbocycles. The molecule has 5 heteroatoms. The summed E-state index contributed by atoms with van der Waals surface area (Å²) in [5, 5.41) is 8.83. The fraction of sp³-hybridized carbons (Fsp3) is 0.267. The van der Waals surface area contributed by atoms with E-state index in [-0.39, 0.29) is 24.3 Å². The van der Waals surface area contributed by atoms with Gasteiger partial charge >= 0.3 is 6.18 Å². The lowest BCUT2D eigenvalue weighted by Gasteiger charge is -2.13. The Kier molecular flexibility index (Phi) is 4.09. The molecule has 0 aliphatic carbocycles. The molecule has 1 heterocycles. The highest BCUT2D eigenvalue weighted by Gasteiger charge is 2.35. The second-order valence-electron chi connectivity index (χ2n) is 4.54. The maximum absolute atomic E-state index is 13.0. The number of benzene rings is 1. The molecule has 2 nitrogen and oxygen atoms in total. The molecule has 0 saturated heterocycles. The number of rotatable bonds is 3. The van der Waals surface area contributed by atoms with Gasteiger partial charge in [0.1, 0.15) is 5.69 Å². The van der Waals surface area contributed by atoms with Gasteiger partial charge in [0.2, 0.25) is 0 Å². The van der Waals surface area contributed by atoms with Crippen LogP contribution in [-0.4, -0.2) is 16.7 Å². The predicted molar refractivity (Wildman–Crippen MR) is 70.2 cm³/mol. The van der Waals surface area contributed by atoms with Gasteiger partial charge in [-0.2, -0.15) is 13.2 Å². The molecule has 0 unspecified atom stereocenters. The van der Waals surface area contributed by atoms with Crippen molar-refractivity contribution < 1.29 is 18.3 Å². The van der Waals surface area contributed by atoms with Crippen LogP contribution in [0.15, 0.2) is 36.4 Å². The van der Waals surface area contributed by atoms with Gasteiger partial charge in [0.15, 0.2) is 0 Å². The first-order chi connectivity index (χ1) is 9.41. The van der Waals surface area contributed by atoms with E-state index < -0.39 is 11.9 Å². The van der Waals surface area contributed by atoms with Gasteiger partial charge in [-0.15, -0.1) is 0 Å². The van der Waals surface area contributed by atoms with E-state index in [9.17, 15) is 13.2 Å². The normalized spacial score (nSPS) is 11.7. The van der Waals surface area contributed by atoms with E-state index in [2.05, 4.69) is 4.98 Å². The molecule has 20 heavy (non-hydrogen) atoms. The smallest absolute Gasteiger partial charge is 0.396 e. The molecular formula is C15H14F3NO. The van der Waals surface area contributed by atoms with E-state index in [0.717, 1.165) is 5.56 Å². The van der Waals surface area contributed by atoms with Crippen molar-refractivity contribution in [3.63, 3.8) is 0 Å². The minimum Gasteiger partial charge on any atom is -0.396 e. The standard InChI is InChI=1S/C15H14F3NO/c1-10-2-4-11(5-3-10)13-7-6-12(8-9-20)14(19-13)15(16,17)18/h2-7,20H,8-9H2,1H3. The quantitative estimate of drug-likeness (QED) is 0.932. The summed E-state index contributed by atoms with van der Waals surface area (Å²) in [4.78, 5) is 3.73. The minimum atomic E-state index is -4.52. The number of hydrogen-bond donors (Lipinski definition) is 1. The average Bonchev–Trinajstić information content (AvgIpc) is 2.39. The van der Waals surface area contributed by atoms with Crippen LogP contribution in [0.25, 0.3) is 11.3 Å². The van der Waals surface area contributed by atoms with E-state index in [1.807, 2.05) is 19.1 Å². The van der Waals surface area contributed by atoms with E-state index in [4.69, 9.17) is 5.11 Å². The number of aromatic nitrogens is 1. The Morgan fingerprint density at radius 2 is 1.70 bits per heavy atom. The maximum atomic E-state index is 13.0.